The minimum absolute atomic E-state index is 0.0579. The molecule has 14 heavy (non-hydrogen) atoms. The first-order valence-corrected chi connectivity index (χ1v) is 4.05. The van der Waals surface area contributed by atoms with Gasteiger partial charge in [-0.3, -0.25) is 4.90 Å². The summed E-state index contributed by atoms with van der Waals surface area (Å²) in [5.41, 5.74) is -0.442. The van der Waals surface area contributed by atoms with Crippen molar-refractivity contribution in [1.29, 1.82) is 0 Å². The van der Waals surface area contributed by atoms with Gasteiger partial charge in [0, 0.05) is 6.54 Å². The van der Waals surface area contributed by atoms with E-state index in [2.05, 4.69) is 0 Å². The van der Waals surface area contributed by atoms with Gasteiger partial charge in [-0.05, 0) is 19.1 Å². The molecule has 1 rings (SSSR count). The summed E-state index contributed by atoms with van der Waals surface area (Å²) >= 11 is 0. The third-order valence-corrected chi connectivity index (χ3v) is 1.77. The molecule has 0 fully saturated rings. The van der Waals surface area contributed by atoms with Crippen molar-refractivity contribution in [2.24, 2.45) is 0 Å². The van der Waals surface area contributed by atoms with Gasteiger partial charge in [-0.25, -0.2) is 4.39 Å². The number of anilines is 1. The van der Waals surface area contributed by atoms with E-state index >= 15 is 0 Å². The molecule has 0 aromatic heterocycles. The number of benzene rings is 1. The minimum atomic E-state index is -4.54. The molecule has 1 aromatic carbocycles. The normalized spacial score (nSPS) is 11.5. The van der Waals surface area contributed by atoms with Crippen LogP contribution in [0.2, 0.25) is 0 Å². The van der Waals surface area contributed by atoms with Crippen LogP contribution in [0, 0.1) is 5.82 Å². The zero-order chi connectivity index (χ0) is 10.8. The summed E-state index contributed by atoms with van der Waals surface area (Å²) in [4.78, 5) is 0.0579. The number of alkyl halides is 3. The van der Waals surface area contributed by atoms with Gasteiger partial charge in [0.1, 0.15) is 5.82 Å². The predicted molar refractivity (Wildman–Crippen MR) is 45.5 cm³/mol. The molecule has 0 N–H and O–H groups in total. The Balaban J connectivity index is 3.08. The zero-order valence-corrected chi connectivity index (χ0v) is 7.48. The van der Waals surface area contributed by atoms with Crippen LogP contribution < -0.4 is 4.90 Å². The van der Waals surface area contributed by atoms with Crippen LogP contribution in [0.15, 0.2) is 24.3 Å². The molecular formula is C9H9F4N. The van der Waals surface area contributed by atoms with Crippen molar-refractivity contribution in [2.45, 2.75) is 13.2 Å². The highest BCUT2D eigenvalue weighted by Crippen LogP contribution is 2.29. The second-order valence-electron chi connectivity index (χ2n) is 2.66. The number of halogens is 4. The fraction of sp³-hybridized carbons (Fsp3) is 0.333. The van der Waals surface area contributed by atoms with Gasteiger partial charge in [-0.15, -0.1) is 0 Å². The molecule has 1 aromatic rings. The fourth-order valence-electron chi connectivity index (χ4n) is 1.16. The van der Waals surface area contributed by atoms with Crippen molar-refractivity contribution < 1.29 is 17.6 Å². The van der Waals surface area contributed by atoms with Crippen molar-refractivity contribution in [3.8, 4) is 0 Å². The average Bonchev–Trinajstić information content (AvgIpc) is 2.07. The van der Waals surface area contributed by atoms with Crippen molar-refractivity contribution >= 4 is 5.69 Å². The standard InChI is InChI=1S/C9H9F4N/c1-2-14(9(11,12)13)8-6-4-3-5-7(8)10/h3-6H,2H2,1H3. The van der Waals surface area contributed by atoms with Gasteiger partial charge in [0.15, 0.2) is 0 Å². The molecule has 0 bridgehead atoms. The summed E-state index contributed by atoms with van der Waals surface area (Å²) in [7, 11) is 0. The molecule has 0 aliphatic rings. The molecule has 78 valence electrons. The SMILES string of the molecule is CCN(c1ccccc1F)C(F)(F)F. The highest BCUT2D eigenvalue weighted by Gasteiger charge is 2.37. The van der Waals surface area contributed by atoms with Crippen molar-refractivity contribution in [3.05, 3.63) is 30.1 Å². The smallest absolute Gasteiger partial charge is 0.281 e. The van der Waals surface area contributed by atoms with Gasteiger partial charge >= 0.3 is 6.30 Å². The van der Waals surface area contributed by atoms with Gasteiger partial charge < -0.3 is 0 Å². The second kappa shape index (κ2) is 3.86. The van der Waals surface area contributed by atoms with Gasteiger partial charge in [0.25, 0.3) is 0 Å². The molecule has 0 aliphatic heterocycles. The molecule has 0 heterocycles. The van der Waals surface area contributed by atoms with E-state index in [1.165, 1.54) is 19.1 Å². The third-order valence-electron chi connectivity index (χ3n) is 1.77. The van der Waals surface area contributed by atoms with E-state index in [4.69, 9.17) is 0 Å². The zero-order valence-electron chi connectivity index (χ0n) is 7.48. The molecule has 0 atom stereocenters. The van der Waals surface area contributed by atoms with Crippen LogP contribution in [-0.2, 0) is 0 Å². The van der Waals surface area contributed by atoms with Gasteiger partial charge in [-0.1, -0.05) is 12.1 Å². The molecule has 0 spiro atoms. The topological polar surface area (TPSA) is 3.24 Å². The summed E-state index contributed by atoms with van der Waals surface area (Å²) in [6.07, 6.45) is -4.54. The lowest BCUT2D eigenvalue weighted by molar-refractivity contribution is -0.129. The fourth-order valence-corrected chi connectivity index (χ4v) is 1.16. The van der Waals surface area contributed by atoms with E-state index < -0.39 is 17.8 Å². The van der Waals surface area contributed by atoms with E-state index in [9.17, 15) is 17.6 Å². The van der Waals surface area contributed by atoms with Gasteiger partial charge in [0.05, 0.1) is 5.69 Å². The van der Waals surface area contributed by atoms with Crippen molar-refractivity contribution in [1.82, 2.24) is 0 Å². The Kier molecular flexibility index (Phi) is 2.98. The molecular weight excluding hydrogens is 198 g/mol. The Morgan fingerprint density at radius 2 is 1.79 bits per heavy atom. The summed E-state index contributed by atoms with van der Waals surface area (Å²) < 4.78 is 50.1. The van der Waals surface area contributed by atoms with Gasteiger partial charge in [0.2, 0.25) is 0 Å². The molecule has 0 radical (unpaired) electrons. The molecule has 1 nitrogen and oxygen atoms in total. The lowest BCUT2D eigenvalue weighted by Crippen LogP contribution is -2.38. The first-order chi connectivity index (χ1) is 6.46. The maximum atomic E-state index is 13.0. The highest BCUT2D eigenvalue weighted by atomic mass is 19.4. The van der Waals surface area contributed by atoms with Gasteiger partial charge in [-0.2, -0.15) is 13.2 Å². The summed E-state index contributed by atoms with van der Waals surface area (Å²) in [6, 6.07) is 4.83. The number of rotatable bonds is 2. The number of para-hydroxylation sites is 1. The first kappa shape index (κ1) is 10.8. The van der Waals surface area contributed by atoms with Crippen LogP contribution >= 0.6 is 0 Å². The second-order valence-corrected chi connectivity index (χ2v) is 2.66. The maximum absolute atomic E-state index is 13.0. The summed E-state index contributed by atoms with van der Waals surface area (Å²) in [5, 5.41) is 0. The predicted octanol–water partition coefficient (Wildman–Crippen LogP) is 3.17. The average molecular weight is 207 g/mol. The maximum Gasteiger partial charge on any atom is 0.485 e. The van der Waals surface area contributed by atoms with Crippen LogP contribution in [0.4, 0.5) is 23.2 Å². The van der Waals surface area contributed by atoms with Crippen LogP contribution in [0.5, 0.6) is 0 Å². The van der Waals surface area contributed by atoms with Crippen molar-refractivity contribution in [2.75, 3.05) is 11.4 Å². The highest BCUT2D eigenvalue weighted by molar-refractivity contribution is 5.48. The molecule has 0 amide bonds. The van der Waals surface area contributed by atoms with Crippen LogP contribution in [0.1, 0.15) is 6.92 Å². The number of nitrogens with zero attached hydrogens (tertiary/aromatic N) is 1. The quantitative estimate of drug-likeness (QED) is 0.531. The Bertz CT molecular complexity index is 308. The van der Waals surface area contributed by atoms with E-state index in [0.29, 0.717) is 0 Å². The van der Waals surface area contributed by atoms with E-state index in [1.54, 1.807) is 0 Å². The molecule has 0 saturated heterocycles. The van der Waals surface area contributed by atoms with Crippen LogP contribution in [0.3, 0.4) is 0 Å². The van der Waals surface area contributed by atoms with E-state index in [1.807, 2.05) is 0 Å². The molecule has 0 unspecified atom stereocenters. The number of hydrogen-bond acceptors (Lipinski definition) is 1. The van der Waals surface area contributed by atoms with Crippen LogP contribution in [-0.4, -0.2) is 12.8 Å². The summed E-state index contributed by atoms with van der Waals surface area (Å²) in [5.74, 6) is -0.869. The number of hydrogen-bond donors (Lipinski definition) is 0. The molecule has 5 heteroatoms. The Hall–Kier alpha value is -1.26. The molecule has 0 aliphatic carbocycles. The third kappa shape index (κ3) is 2.16. The first-order valence-electron chi connectivity index (χ1n) is 4.05. The van der Waals surface area contributed by atoms with E-state index in [0.717, 1.165) is 12.1 Å². The largest absolute Gasteiger partial charge is 0.485 e. The lowest BCUT2D eigenvalue weighted by Gasteiger charge is -2.25. The lowest BCUT2D eigenvalue weighted by atomic mass is 10.3. The van der Waals surface area contributed by atoms with E-state index in [-0.39, 0.29) is 11.4 Å². The molecule has 0 saturated carbocycles. The Labute approximate surface area is 78.9 Å². The van der Waals surface area contributed by atoms with Crippen LogP contribution in [0.25, 0.3) is 0 Å². The Morgan fingerprint density at radius 1 is 1.21 bits per heavy atom. The minimum Gasteiger partial charge on any atom is -0.281 e. The monoisotopic (exact) mass is 207 g/mol. The summed E-state index contributed by atoms with van der Waals surface area (Å²) in [6.45, 7) is 1.00. The van der Waals surface area contributed by atoms with Crippen molar-refractivity contribution in [3.63, 3.8) is 0 Å². The Morgan fingerprint density at radius 3 is 2.21 bits per heavy atom.